The minimum absolute atomic E-state index is 0. The van der Waals surface area contributed by atoms with E-state index >= 15 is 0 Å². The van der Waals surface area contributed by atoms with Crippen LogP contribution in [0.2, 0.25) is 0 Å². The van der Waals surface area contributed by atoms with E-state index < -0.39 is 61.3 Å². The van der Waals surface area contributed by atoms with Gasteiger partial charge >= 0.3 is 51.4 Å². The van der Waals surface area contributed by atoms with E-state index in [0.717, 1.165) is 25.3 Å². The Morgan fingerprint density at radius 3 is 1.80 bits per heavy atom. The molecule has 0 spiro atoms. The monoisotopic (exact) mass is 411 g/mol. The van der Waals surface area contributed by atoms with Crippen LogP contribution in [-0.4, -0.2) is 66.9 Å². The van der Waals surface area contributed by atoms with E-state index in [1.54, 1.807) is 0 Å². The molecule has 2 aromatic carbocycles. The molecule has 2 rings (SSSR count). The third kappa shape index (κ3) is 4.14. The van der Waals surface area contributed by atoms with Gasteiger partial charge in [0.2, 0.25) is 5.82 Å². The summed E-state index contributed by atoms with van der Waals surface area (Å²) in [5.41, 5.74) is -0.807. The summed E-state index contributed by atoms with van der Waals surface area (Å²) >= 11 is 0. The van der Waals surface area contributed by atoms with Crippen LogP contribution in [0.25, 0.3) is 0 Å². The molecule has 0 radical (unpaired) electrons. The zero-order chi connectivity index (χ0) is 18.2. The Morgan fingerprint density at radius 1 is 0.840 bits per heavy atom. The molecule has 0 bridgehead atoms. The fourth-order valence-corrected chi connectivity index (χ4v) is 2.96. The van der Waals surface area contributed by atoms with Crippen LogP contribution in [0.15, 0.2) is 23.1 Å². The van der Waals surface area contributed by atoms with Gasteiger partial charge < -0.3 is 4.74 Å². The molecule has 0 aliphatic heterocycles. The molecule has 0 unspecified atom stereocenters. The van der Waals surface area contributed by atoms with Crippen molar-refractivity contribution in [2.45, 2.75) is 4.90 Å². The first-order chi connectivity index (χ1) is 11.1. The van der Waals surface area contributed by atoms with Crippen LogP contribution in [0, 0.1) is 34.9 Å². The Bertz CT molecular complexity index is 893. The van der Waals surface area contributed by atoms with E-state index in [9.17, 15) is 34.8 Å². The van der Waals surface area contributed by atoms with Crippen LogP contribution in [-0.2, 0) is 10.0 Å². The average Bonchev–Trinajstić information content (AvgIpc) is 2.52. The van der Waals surface area contributed by atoms with Crippen molar-refractivity contribution < 1.29 is 39.5 Å². The topological polar surface area (TPSA) is 55.4 Å². The number of halogens is 6. The fourth-order valence-electron chi connectivity index (χ4n) is 1.76. The molecule has 0 fully saturated rings. The molecule has 0 atom stereocenters. The summed E-state index contributed by atoms with van der Waals surface area (Å²) in [6.07, 6.45) is 0. The Labute approximate surface area is 180 Å². The molecule has 0 saturated heterocycles. The molecule has 2 aromatic rings. The summed E-state index contributed by atoms with van der Waals surface area (Å²) in [7, 11) is -4.26. The maximum absolute atomic E-state index is 13.9. The van der Waals surface area contributed by atoms with Gasteiger partial charge in [-0.05, 0) is 12.1 Å². The van der Waals surface area contributed by atoms with Crippen molar-refractivity contribution >= 4 is 67.1 Å². The first kappa shape index (κ1) is 22.2. The second-order valence-electron chi connectivity index (χ2n) is 4.33. The molecule has 25 heavy (non-hydrogen) atoms. The van der Waals surface area contributed by atoms with Crippen molar-refractivity contribution in [2.75, 3.05) is 11.8 Å². The van der Waals surface area contributed by atoms with Crippen molar-refractivity contribution in [1.29, 1.82) is 0 Å². The molecule has 0 aromatic heterocycles. The Morgan fingerprint density at radius 2 is 1.32 bits per heavy atom. The molecule has 0 aliphatic rings. The molecule has 0 saturated carbocycles. The number of hydrogen-bond donors (Lipinski definition) is 1. The Hall–Kier alpha value is -0.794. The number of nitrogens with one attached hydrogen (secondary N) is 1. The van der Waals surface area contributed by atoms with Gasteiger partial charge in [-0.3, -0.25) is 4.72 Å². The normalized spacial score (nSPS) is 11.0. The number of benzene rings is 2. The summed E-state index contributed by atoms with van der Waals surface area (Å²) in [6.45, 7) is 0. The van der Waals surface area contributed by atoms with Gasteiger partial charge in [-0.25, -0.2) is 34.8 Å². The summed E-state index contributed by atoms with van der Waals surface area (Å²) in [5.74, 6) is -14.2. The van der Waals surface area contributed by atoms with Crippen molar-refractivity contribution in [2.24, 2.45) is 0 Å². The van der Waals surface area contributed by atoms with E-state index in [-0.39, 0.29) is 51.4 Å². The third-order valence-corrected chi connectivity index (χ3v) is 4.25. The second kappa shape index (κ2) is 8.27. The molecule has 132 valence electrons. The quantitative estimate of drug-likeness (QED) is 0.364. The van der Waals surface area contributed by atoms with Gasteiger partial charge in [0.05, 0.1) is 12.8 Å². The van der Waals surface area contributed by atoms with E-state index in [1.165, 1.54) is 4.72 Å². The molecule has 4 nitrogen and oxygen atoms in total. The first-order valence-corrected chi connectivity index (χ1v) is 7.47. The van der Waals surface area contributed by atoms with Gasteiger partial charge in [0.15, 0.2) is 39.7 Å². The van der Waals surface area contributed by atoms with Crippen LogP contribution in [0.1, 0.15) is 0 Å². The van der Waals surface area contributed by atoms with Crippen molar-refractivity contribution in [3.63, 3.8) is 0 Å². The summed E-state index contributed by atoms with van der Waals surface area (Å²) in [6, 6.07) is 3.12. The molecular weight excluding hydrogens is 403 g/mol. The van der Waals surface area contributed by atoms with Crippen molar-refractivity contribution in [3.05, 3.63) is 53.1 Å². The van der Waals surface area contributed by atoms with Crippen molar-refractivity contribution in [3.8, 4) is 5.75 Å². The number of ether oxygens (including phenoxy) is 1. The Kier molecular flexibility index (Phi) is 7.36. The molecule has 12 heteroatoms. The van der Waals surface area contributed by atoms with Gasteiger partial charge in [-0.1, -0.05) is 6.07 Å². The number of sulfonamides is 1. The van der Waals surface area contributed by atoms with Crippen LogP contribution in [0.3, 0.4) is 0 Å². The van der Waals surface area contributed by atoms with Gasteiger partial charge in [0.25, 0.3) is 10.0 Å². The predicted octanol–water partition coefficient (Wildman–Crippen LogP) is 2.68. The van der Waals surface area contributed by atoms with E-state index in [4.69, 9.17) is 0 Å². The van der Waals surface area contributed by atoms with E-state index in [0.29, 0.717) is 0 Å². The zero-order valence-electron chi connectivity index (χ0n) is 11.6. The number of anilines is 1. The van der Waals surface area contributed by atoms with Crippen molar-refractivity contribution in [1.82, 2.24) is 0 Å². The maximum atomic E-state index is 13.9. The van der Waals surface area contributed by atoms with Gasteiger partial charge in [0.1, 0.15) is 0 Å². The molecule has 0 heterocycles. The van der Waals surface area contributed by atoms with Crippen LogP contribution in [0.5, 0.6) is 5.75 Å². The third-order valence-electron chi connectivity index (χ3n) is 2.87. The Balaban J connectivity index is 0.00000312. The zero-order valence-corrected chi connectivity index (χ0v) is 12.4. The first-order valence-electron chi connectivity index (χ1n) is 5.98. The number of hydrogen-bond acceptors (Lipinski definition) is 3. The SMILES string of the molecule is COc1cccc(NS(=O)(=O)c2c(F)c(F)c(F)c(F)c2F)c1F.[KH]. The molecule has 0 amide bonds. The predicted molar refractivity (Wildman–Crippen MR) is 77.1 cm³/mol. The van der Waals surface area contributed by atoms with Gasteiger partial charge in [-0.15, -0.1) is 0 Å². The minimum atomic E-state index is -5.33. The molecule has 1 N–H and O–H groups in total. The molecule has 0 aliphatic carbocycles. The van der Waals surface area contributed by atoms with E-state index in [2.05, 4.69) is 4.74 Å². The van der Waals surface area contributed by atoms with Gasteiger partial charge in [-0.2, -0.15) is 0 Å². The summed E-state index contributed by atoms with van der Waals surface area (Å²) in [5, 5.41) is 0. The standard InChI is InChI=1S/C13H7F6NO3S.K.H/c1-23-6-4-2-3-5(7(6)14)20-24(21,22)13-11(18)9(16)8(15)10(17)12(13)19;;/h2-4,20H,1H3;;. The summed E-state index contributed by atoms with van der Waals surface area (Å²) in [4.78, 5) is -2.12. The fraction of sp³-hybridized carbons (Fsp3) is 0.0769. The van der Waals surface area contributed by atoms with Crippen LogP contribution in [0.4, 0.5) is 32.0 Å². The van der Waals surface area contributed by atoms with Crippen LogP contribution >= 0.6 is 0 Å². The summed E-state index contributed by atoms with van der Waals surface area (Å²) < 4.78 is 110. The van der Waals surface area contributed by atoms with Crippen LogP contribution < -0.4 is 9.46 Å². The van der Waals surface area contributed by atoms with E-state index in [1.807, 2.05) is 0 Å². The molecular formula is C13H8F6KNO3S. The van der Waals surface area contributed by atoms with Gasteiger partial charge in [0, 0.05) is 0 Å². The second-order valence-corrected chi connectivity index (χ2v) is 5.95. The number of rotatable bonds is 4. The average molecular weight is 411 g/mol. The number of methoxy groups -OCH3 is 1.